The highest BCUT2D eigenvalue weighted by Gasteiger charge is 2.16. The number of likely N-dealkylation sites (N-methyl/N-ethyl adjacent to an activating group) is 2. The van der Waals surface area contributed by atoms with E-state index in [-0.39, 0.29) is 11.9 Å². The second-order valence-electron chi connectivity index (χ2n) is 5.86. The van der Waals surface area contributed by atoms with Crippen LogP contribution in [0.4, 0.5) is 5.82 Å². The van der Waals surface area contributed by atoms with Gasteiger partial charge in [0.2, 0.25) is 0 Å². The van der Waals surface area contributed by atoms with Crippen molar-refractivity contribution in [2.24, 2.45) is 0 Å². The number of pyridine rings is 1. The van der Waals surface area contributed by atoms with Crippen LogP contribution in [0.2, 0.25) is 0 Å². The molecule has 22 heavy (non-hydrogen) atoms. The molecule has 0 unspecified atom stereocenters. The van der Waals surface area contributed by atoms with Crippen molar-refractivity contribution in [3.05, 3.63) is 23.9 Å². The summed E-state index contributed by atoms with van der Waals surface area (Å²) in [5.74, 6) is 0.850. The van der Waals surface area contributed by atoms with E-state index in [4.69, 9.17) is 0 Å². The molecule has 1 aromatic rings. The molecular weight excluding hydrogens is 278 g/mol. The molecule has 0 saturated carbocycles. The lowest BCUT2D eigenvalue weighted by Crippen LogP contribution is -2.45. The average molecular weight is 305 g/mol. The zero-order valence-corrected chi connectivity index (χ0v) is 13.8. The normalized spacial score (nSPS) is 17.3. The number of rotatable bonds is 6. The minimum absolute atomic E-state index is 0.0393. The van der Waals surface area contributed by atoms with E-state index in [0.29, 0.717) is 12.1 Å². The number of anilines is 1. The van der Waals surface area contributed by atoms with Gasteiger partial charge in [0, 0.05) is 50.5 Å². The average Bonchev–Trinajstić information content (AvgIpc) is 2.54. The lowest BCUT2D eigenvalue weighted by Gasteiger charge is -2.33. The number of carbonyl (C=O) groups excluding carboxylic acids is 1. The summed E-state index contributed by atoms with van der Waals surface area (Å²) in [5, 5.41) is 6.24. The topological polar surface area (TPSA) is 60.5 Å². The van der Waals surface area contributed by atoms with E-state index in [2.05, 4.69) is 46.3 Å². The zero-order valence-electron chi connectivity index (χ0n) is 13.8. The van der Waals surface area contributed by atoms with Crippen LogP contribution in [-0.4, -0.2) is 68.1 Å². The highest BCUT2D eigenvalue weighted by atomic mass is 16.1. The molecule has 1 aliphatic rings. The molecule has 0 bridgehead atoms. The number of aromatic nitrogens is 1. The molecule has 1 saturated heterocycles. The standard InChI is InChI=1S/C16H27N5O/c1-4-17-13(2)12-19-16(22)14-5-6-18-15(11-14)21-9-7-20(3)8-10-21/h5-6,11,13,17H,4,7-10,12H2,1-3H3,(H,19,22)/t13-/m1/s1. The van der Waals surface area contributed by atoms with Crippen molar-refractivity contribution in [3.63, 3.8) is 0 Å². The van der Waals surface area contributed by atoms with Crippen LogP contribution in [0.15, 0.2) is 18.3 Å². The minimum atomic E-state index is -0.0393. The summed E-state index contributed by atoms with van der Waals surface area (Å²) in [6, 6.07) is 3.93. The first-order valence-corrected chi connectivity index (χ1v) is 8.01. The van der Waals surface area contributed by atoms with Crippen LogP contribution >= 0.6 is 0 Å². The maximum Gasteiger partial charge on any atom is 0.251 e. The summed E-state index contributed by atoms with van der Waals surface area (Å²) in [4.78, 5) is 21.2. The molecule has 1 aromatic heterocycles. The fourth-order valence-corrected chi connectivity index (χ4v) is 2.54. The molecule has 6 heteroatoms. The van der Waals surface area contributed by atoms with Gasteiger partial charge in [-0.2, -0.15) is 0 Å². The van der Waals surface area contributed by atoms with E-state index in [9.17, 15) is 4.79 Å². The van der Waals surface area contributed by atoms with Crippen molar-refractivity contribution in [2.45, 2.75) is 19.9 Å². The Hall–Kier alpha value is -1.66. The van der Waals surface area contributed by atoms with Gasteiger partial charge in [0.05, 0.1) is 0 Å². The summed E-state index contributed by atoms with van der Waals surface area (Å²) in [5.41, 5.74) is 0.674. The van der Waals surface area contributed by atoms with Gasteiger partial charge in [-0.1, -0.05) is 6.92 Å². The van der Waals surface area contributed by atoms with Gasteiger partial charge in [-0.05, 0) is 32.6 Å². The first-order chi connectivity index (χ1) is 10.6. The molecule has 0 aromatic carbocycles. The van der Waals surface area contributed by atoms with E-state index in [1.807, 2.05) is 6.07 Å². The Bertz CT molecular complexity index is 485. The molecule has 0 aliphatic carbocycles. The Balaban J connectivity index is 1.94. The summed E-state index contributed by atoms with van der Waals surface area (Å²) < 4.78 is 0. The molecule has 1 amide bonds. The third-order valence-electron chi connectivity index (χ3n) is 3.96. The van der Waals surface area contributed by atoms with Crippen LogP contribution in [0.25, 0.3) is 0 Å². The van der Waals surface area contributed by atoms with Gasteiger partial charge in [-0.15, -0.1) is 0 Å². The highest BCUT2D eigenvalue weighted by Crippen LogP contribution is 2.14. The molecule has 1 aliphatic heterocycles. The van der Waals surface area contributed by atoms with Crippen LogP contribution in [0, 0.1) is 0 Å². The van der Waals surface area contributed by atoms with Crippen molar-refractivity contribution >= 4 is 11.7 Å². The first kappa shape index (κ1) is 16.7. The lowest BCUT2D eigenvalue weighted by atomic mass is 10.2. The van der Waals surface area contributed by atoms with Crippen LogP contribution in [-0.2, 0) is 0 Å². The zero-order chi connectivity index (χ0) is 15.9. The van der Waals surface area contributed by atoms with Gasteiger partial charge in [-0.25, -0.2) is 4.98 Å². The van der Waals surface area contributed by atoms with Crippen LogP contribution in [0.1, 0.15) is 24.2 Å². The number of hydrogen-bond acceptors (Lipinski definition) is 5. The maximum atomic E-state index is 12.2. The molecule has 2 heterocycles. The summed E-state index contributed by atoms with van der Waals surface area (Å²) in [7, 11) is 2.13. The fraction of sp³-hybridized carbons (Fsp3) is 0.625. The molecule has 1 fully saturated rings. The van der Waals surface area contributed by atoms with Gasteiger partial charge in [0.25, 0.3) is 5.91 Å². The van der Waals surface area contributed by atoms with Crippen LogP contribution in [0.5, 0.6) is 0 Å². The van der Waals surface area contributed by atoms with Gasteiger partial charge in [0.15, 0.2) is 0 Å². The van der Waals surface area contributed by atoms with Gasteiger partial charge >= 0.3 is 0 Å². The Morgan fingerprint density at radius 1 is 1.36 bits per heavy atom. The Kier molecular flexibility index (Phi) is 6.15. The first-order valence-electron chi connectivity index (χ1n) is 8.01. The highest BCUT2D eigenvalue weighted by molar-refractivity contribution is 5.94. The smallest absolute Gasteiger partial charge is 0.251 e. The SMILES string of the molecule is CCN[C@H](C)CNC(=O)c1ccnc(N2CCN(C)CC2)c1. The third-order valence-corrected chi connectivity index (χ3v) is 3.96. The van der Waals surface area contributed by atoms with E-state index in [1.165, 1.54) is 0 Å². The van der Waals surface area contributed by atoms with Crippen LogP contribution in [0.3, 0.4) is 0 Å². The second kappa shape index (κ2) is 8.10. The number of hydrogen-bond donors (Lipinski definition) is 2. The predicted molar refractivity (Wildman–Crippen MR) is 89.4 cm³/mol. The minimum Gasteiger partial charge on any atom is -0.354 e. The molecule has 2 N–H and O–H groups in total. The molecular formula is C16H27N5O. The molecule has 1 atom stereocenters. The lowest BCUT2D eigenvalue weighted by molar-refractivity contribution is 0.0950. The summed E-state index contributed by atoms with van der Waals surface area (Å²) in [6.07, 6.45) is 1.72. The van der Waals surface area contributed by atoms with E-state index >= 15 is 0 Å². The third kappa shape index (κ3) is 4.68. The molecule has 2 rings (SSSR count). The van der Waals surface area contributed by atoms with E-state index in [0.717, 1.165) is 38.5 Å². The Morgan fingerprint density at radius 3 is 2.77 bits per heavy atom. The second-order valence-corrected chi connectivity index (χ2v) is 5.86. The number of amides is 1. The Labute approximate surface area is 132 Å². The molecule has 0 spiro atoms. The molecule has 0 radical (unpaired) electrons. The van der Waals surface area contributed by atoms with Crippen molar-refractivity contribution in [3.8, 4) is 0 Å². The van der Waals surface area contributed by atoms with Crippen molar-refractivity contribution in [1.82, 2.24) is 20.5 Å². The quantitative estimate of drug-likeness (QED) is 0.804. The van der Waals surface area contributed by atoms with Crippen molar-refractivity contribution in [2.75, 3.05) is 51.2 Å². The van der Waals surface area contributed by atoms with Crippen LogP contribution < -0.4 is 15.5 Å². The monoisotopic (exact) mass is 305 g/mol. The van der Waals surface area contributed by atoms with Gasteiger partial charge in [-0.3, -0.25) is 4.79 Å². The van der Waals surface area contributed by atoms with Crippen molar-refractivity contribution in [1.29, 1.82) is 0 Å². The van der Waals surface area contributed by atoms with Crippen molar-refractivity contribution < 1.29 is 4.79 Å². The maximum absolute atomic E-state index is 12.2. The molecule has 6 nitrogen and oxygen atoms in total. The summed E-state index contributed by atoms with van der Waals surface area (Å²) in [6.45, 7) is 9.60. The fourth-order valence-electron chi connectivity index (χ4n) is 2.54. The number of piperazine rings is 1. The van der Waals surface area contributed by atoms with Gasteiger partial charge < -0.3 is 20.4 Å². The molecule has 122 valence electrons. The number of carbonyl (C=O) groups is 1. The number of nitrogens with zero attached hydrogens (tertiary/aromatic N) is 3. The van der Waals surface area contributed by atoms with E-state index < -0.39 is 0 Å². The number of nitrogens with one attached hydrogen (secondary N) is 2. The van der Waals surface area contributed by atoms with Gasteiger partial charge in [0.1, 0.15) is 5.82 Å². The predicted octanol–water partition coefficient (Wildman–Crippen LogP) is 0.561. The largest absolute Gasteiger partial charge is 0.354 e. The van der Waals surface area contributed by atoms with E-state index in [1.54, 1.807) is 12.3 Å². The Morgan fingerprint density at radius 2 is 2.09 bits per heavy atom. The summed E-state index contributed by atoms with van der Waals surface area (Å²) >= 11 is 0.